The molecular formula is C17H18BrN3O6S2. The lowest BCUT2D eigenvalue weighted by Gasteiger charge is -2.09. The number of hydrogen-bond donors (Lipinski definition) is 3. The van der Waals surface area contributed by atoms with Crippen molar-refractivity contribution in [3.05, 3.63) is 53.0 Å². The molecule has 156 valence electrons. The zero-order chi connectivity index (χ0) is 21.7. The predicted molar refractivity (Wildman–Crippen MR) is 110 cm³/mol. The summed E-state index contributed by atoms with van der Waals surface area (Å²) in [7, 11) is -7.69. The molecule has 0 radical (unpaired) electrons. The van der Waals surface area contributed by atoms with Crippen molar-refractivity contribution < 1.29 is 26.4 Å². The minimum atomic E-state index is -3.96. The summed E-state index contributed by atoms with van der Waals surface area (Å²) in [6.45, 7) is 0.969. The second-order valence-corrected chi connectivity index (χ2v) is 10.2. The van der Waals surface area contributed by atoms with Gasteiger partial charge in [-0.15, -0.1) is 0 Å². The lowest BCUT2D eigenvalue weighted by molar-refractivity contribution is -0.117. The van der Waals surface area contributed by atoms with Crippen LogP contribution in [0.5, 0.6) is 0 Å². The molecule has 0 spiro atoms. The summed E-state index contributed by atoms with van der Waals surface area (Å²) in [4.78, 5) is 22.9. The molecule has 29 heavy (non-hydrogen) atoms. The summed E-state index contributed by atoms with van der Waals surface area (Å²) in [5.41, 5.74) is 0.326. The van der Waals surface area contributed by atoms with Crippen molar-refractivity contribution >= 4 is 53.5 Å². The maximum absolute atomic E-state index is 12.1. The molecule has 2 aromatic carbocycles. The number of benzene rings is 2. The van der Waals surface area contributed by atoms with E-state index in [9.17, 15) is 26.4 Å². The van der Waals surface area contributed by atoms with Crippen LogP contribution >= 0.6 is 15.9 Å². The van der Waals surface area contributed by atoms with E-state index in [1.165, 1.54) is 36.4 Å². The van der Waals surface area contributed by atoms with Crippen molar-refractivity contribution in [1.29, 1.82) is 0 Å². The fourth-order valence-corrected chi connectivity index (χ4v) is 4.47. The molecule has 0 heterocycles. The maximum Gasteiger partial charge on any atom is 0.264 e. The zero-order valence-electron chi connectivity index (χ0n) is 15.2. The zero-order valence-corrected chi connectivity index (χ0v) is 18.4. The quantitative estimate of drug-likeness (QED) is 0.499. The summed E-state index contributed by atoms with van der Waals surface area (Å²) in [6.07, 6.45) is -0.123. The van der Waals surface area contributed by atoms with Gasteiger partial charge in [-0.05, 0) is 48.5 Å². The first-order chi connectivity index (χ1) is 13.5. The summed E-state index contributed by atoms with van der Waals surface area (Å²) >= 11 is 3.22. The number of nitrogens with one attached hydrogen (secondary N) is 3. The van der Waals surface area contributed by atoms with Crippen LogP contribution in [0.15, 0.2) is 62.8 Å². The van der Waals surface area contributed by atoms with Gasteiger partial charge in [0.1, 0.15) is 0 Å². The first-order valence-electron chi connectivity index (χ1n) is 8.18. The van der Waals surface area contributed by atoms with E-state index in [0.717, 1.165) is 11.4 Å². The van der Waals surface area contributed by atoms with E-state index in [0.29, 0.717) is 5.69 Å². The van der Waals surface area contributed by atoms with Gasteiger partial charge < -0.3 is 5.32 Å². The molecule has 0 aliphatic carbocycles. The Balaban J connectivity index is 1.89. The number of rotatable bonds is 8. The van der Waals surface area contributed by atoms with Crippen LogP contribution in [-0.4, -0.2) is 35.2 Å². The van der Waals surface area contributed by atoms with Crippen molar-refractivity contribution in [2.75, 3.05) is 11.9 Å². The van der Waals surface area contributed by atoms with Gasteiger partial charge in [0, 0.05) is 30.0 Å². The van der Waals surface area contributed by atoms with Crippen LogP contribution in [0.1, 0.15) is 13.3 Å². The first-order valence-corrected chi connectivity index (χ1v) is 11.9. The SMILES string of the molecule is CC(=O)NS(=O)(=O)c1ccc(NC(=O)CCNS(=O)(=O)c2ccc(Br)cc2)cc1. The number of carbonyl (C=O) groups is 2. The van der Waals surface area contributed by atoms with E-state index >= 15 is 0 Å². The molecule has 0 saturated heterocycles. The first kappa shape index (κ1) is 23.0. The minimum Gasteiger partial charge on any atom is -0.326 e. The molecule has 0 aliphatic rings. The monoisotopic (exact) mass is 503 g/mol. The lowest BCUT2D eigenvalue weighted by atomic mass is 10.3. The molecule has 2 aromatic rings. The van der Waals surface area contributed by atoms with E-state index in [1.807, 2.05) is 4.72 Å². The highest BCUT2D eigenvalue weighted by Crippen LogP contribution is 2.15. The van der Waals surface area contributed by atoms with E-state index in [2.05, 4.69) is 26.0 Å². The van der Waals surface area contributed by atoms with Crippen molar-refractivity contribution in [3.8, 4) is 0 Å². The van der Waals surface area contributed by atoms with Gasteiger partial charge in [0.2, 0.25) is 21.8 Å². The lowest BCUT2D eigenvalue weighted by Crippen LogP contribution is -2.28. The normalized spacial score (nSPS) is 11.7. The van der Waals surface area contributed by atoms with E-state index in [1.54, 1.807) is 12.1 Å². The van der Waals surface area contributed by atoms with Crippen molar-refractivity contribution in [1.82, 2.24) is 9.44 Å². The van der Waals surface area contributed by atoms with E-state index < -0.39 is 31.9 Å². The molecule has 9 nitrogen and oxygen atoms in total. The Hall–Kier alpha value is -2.28. The molecule has 12 heteroatoms. The molecule has 2 rings (SSSR count). The third kappa shape index (κ3) is 6.92. The Morgan fingerprint density at radius 1 is 0.862 bits per heavy atom. The highest BCUT2D eigenvalue weighted by atomic mass is 79.9. The second kappa shape index (κ2) is 9.48. The highest BCUT2D eigenvalue weighted by Gasteiger charge is 2.16. The smallest absolute Gasteiger partial charge is 0.264 e. The third-order valence-corrected chi connectivity index (χ3v) is 6.95. The molecule has 0 bridgehead atoms. The number of amides is 2. The minimum absolute atomic E-state index is 0.0806. The Kier molecular flexibility index (Phi) is 7.52. The van der Waals surface area contributed by atoms with E-state index in [4.69, 9.17) is 0 Å². The molecule has 0 aromatic heterocycles. The Morgan fingerprint density at radius 2 is 1.38 bits per heavy atom. The maximum atomic E-state index is 12.1. The van der Waals surface area contributed by atoms with Crippen LogP contribution in [-0.2, 0) is 29.6 Å². The van der Waals surface area contributed by atoms with Crippen molar-refractivity contribution in [3.63, 3.8) is 0 Å². The summed E-state index contributed by atoms with van der Waals surface area (Å²) < 4.78 is 52.9. The van der Waals surface area contributed by atoms with Crippen LogP contribution in [0.2, 0.25) is 0 Å². The van der Waals surface area contributed by atoms with Gasteiger partial charge in [0.15, 0.2) is 0 Å². The topological polar surface area (TPSA) is 139 Å². The van der Waals surface area contributed by atoms with Gasteiger partial charge >= 0.3 is 0 Å². The van der Waals surface area contributed by atoms with Gasteiger partial charge in [-0.2, -0.15) is 0 Å². The molecule has 0 aliphatic heterocycles. The molecule has 2 amide bonds. The molecule has 3 N–H and O–H groups in total. The van der Waals surface area contributed by atoms with Crippen LogP contribution < -0.4 is 14.8 Å². The standard InChI is InChI=1S/C17H18BrN3O6S2/c1-12(22)21-29(26,27)16-8-4-14(5-9-16)20-17(23)10-11-19-28(24,25)15-6-2-13(18)3-7-15/h2-9,19H,10-11H2,1H3,(H,20,23)(H,21,22). The highest BCUT2D eigenvalue weighted by molar-refractivity contribution is 9.10. The predicted octanol–water partition coefficient (Wildman–Crippen LogP) is 1.58. The molecule has 0 unspecified atom stereocenters. The fourth-order valence-electron chi connectivity index (χ4n) is 2.19. The number of anilines is 1. The Bertz CT molecular complexity index is 1100. The van der Waals surface area contributed by atoms with Gasteiger partial charge in [0.25, 0.3) is 10.0 Å². The third-order valence-electron chi connectivity index (χ3n) is 3.49. The second-order valence-electron chi connectivity index (χ2n) is 5.84. The van der Waals surface area contributed by atoms with Crippen LogP contribution in [0, 0.1) is 0 Å². The summed E-state index contributed by atoms with van der Waals surface area (Å²) in [5, 5.41) is 2.53. The van der Waals surface area contributed by atoms with Crippen molar-refractivity contribution in [2.24, 2.45) is 0 Å². The van der Waals surface area contributed by atoms with Gasteiger partial charge in [-0.1, -0.05) is 15.9 Å². The van der Waals surface area contributed by atoms with E-state index in [-0.39, 0.29) is 22.8 Å². The van der Waals surface area contributed by atoms with Gasteiger partial charge in [-0.3, -0.25) is 9.59 Å². The summed E-state index contributed by atoms with van der Waals surface area (Å²) in [5.74, 6) is -1.17. The van der Waals surface area contributed by atoms with Crippen LogP contribution in [0.4, 0.5) is 5.69 Å². The van der Waals surface area contributed by atoms with Crippen molar-refractivity contribution in [2.45, 2.75) is 23.1 Å². The largest absolute Gasteiger partial charge is 0.326 e. The van der Waals surface area contributed by atoms with Gasteiger partial charge in [0.05, 0.1) is 9.79 Å². The van der Waals surface area contributed by atoms with Gasteiger partial charge in [-0.25, -0.2) is 26.3 Å². The molecule has 0 fully saturated rings. The Labute approximate surface area is 177 Å². The number of carbonyl (C=O) groups excluding carboxylic acids is 2. The molecule has 0 atom stereocenters. The average Bonchev–Trinajstić information content (AvgIpc) is 2.61. The number of halogens is 1. The van der Waals surface area contributed by atoms with Crippen LogP contribution in [0.3, 0.4) is 0 Å². The molecule has 0 saturated carbocycles. The molecular weight excluding hydrogens is 486 g/mol. The average molecular weight is 504 g/mol. The number of sulfonamides is 2. The van der Waals surface area contributed by atoms with Crippen LogP contribution in [0.25, 0.3) is 0 Å². The Morgan fingerprint density at radius 3 is 1.93 bits per heavy atom. The summed E-state index contributed by atoms with van der Waals surface area (Å²) in [6, 6.07) is 11.2. The number of hydrogen-bond acceptors (Lipinski definition) is 6. The fraction of sp³-hybridized carbons (Fsp3) is 0.176.